The van der Waals surface area contributed by atoms with E-state index >= 15 is 0 Å². The number of Topliss-reactive ketones (excluding diaryl/α,β-unsaturated/α-hetero) is 1. The van der Waals surface area contributed by atoms with Crippen LogP contribution in [0, 0.1) is 23.7 Å². The van der Waals surface area contributed by atoms with Gasteiger partial charge in [-0.15, -0.1) is 5.06 Å². The predicted molar refractivity (Wildman–Crippen MR) is 542 cm³/mol. The number of carboxylic acid groups (broad SMARTS) is 3. The molecule has 0 aromatic heterocycles. The summed E-state index contributed by atoms with van der Waals surface area (Å²) >= 11 is 0. The Balaban J connectivity index is 0.000000620. The fraction of sp³-hybridized carbons (Fsp3) is 0.444. The first-order chi connectivity index (χ1) is 68.7. The zero-order valence-corrected chi connectivity index (χ0v) is 84.5. The number of nitrogens with one attached hydrogen (secondary N) is 5. The van der Waals surface area contributed by atoms with Gasteiger partial charge in [-0.05, 0) is 197 Å². The normalized spacial score (nSPS) is 12.7. The number of carbonyl (C=O) groups is 16. The second kappa shape index (κ2) is 70.9. The van der Waals surface area contributed by atoms with Crippen LogP contribution in [-0.2, 0) is 146 Å². The van der Waals surface area contributed by atoms with Crippen LogP contribution in [-0.4, -0.2) is 207 Å². The SMILES string of the molecule is C=CCOC(=O)C[C@@H](Cc1ccccc1)C(=O)N[C@@H](CCCCNC(=O)OC(C)(C)C)C(=O)Cc1ccc(CO)cc1.C=CCOC(=O)C[C@@H](Cc1ccccc1)C(=O)N[C@@H](CCCCNC(=O)OC(C)(C)C)C(=O)O.C=CCOC(=O)C[C@@H](Cc1ccccc1)C(=O)O.C=CCOC(=O)C[C@@H](Cc1ccccc1)C(=O)ON1C(=O)CCC1=O.CC(C)(C)OC(=O)NCCCC[C@H](N)C(=O)O.Nc1ccc(CO)cc1. The molecule has 792 valence electrons. The van der Waals surface area contributed by atoms with Crippen molar-refractivity contribution < 1.29 is 140 Å². The number of benzene rings is 6. The number of ether oxygens (including phenoxy) is 7. The Labute approximate surface area is 848 Å². The summed E-state index contributed by atoms with van der Waals surface area (Å²) in [4.78, 5) is 196. The van der Waals surface area contributed by atoms with E-state index in [0.29, 0.717) is 88.9 Å². The molecule has 7 atom stereocenters. The van der Waals surface area contributed by atoms with Crippen molar-refractivity contribution in [2.24, 2.45) is 29.4 Å². The Kier molecular flexibility index (Phi) is 61.7. The number of amides is 7. The predicted octanol–water partition coefficient (Wildman–Crippen LogP) is 13.2. The van der Waals surface area contributed by atoms with E-state index in [4.69, 9.17) is 64.8 Å². The van der Waals surface area contributed by atoms with Crippen molar-refractivity contribution in [2.45, 2.75) is 239 Å². The largest absolute Gasteiger partial charge is 0.481 e. The second-order valence-corrected chi connectivity index (χ2v) is 36.3. The number of hydrogen-bond donors (Lipinski definition) is 12. The number of rotatable bonds is 53. The molecule has 37 nitrogen and oxygen atoms in total. The summed E-state index contributed by atoms with van der Waals surface area (Å²) in [5, 5.41) is 58.9. The lowest BCUT2D eigenvalue weighted by molar-refractivity contribution is -0.201. The Hall–Kier alpha value is -14.7. The van der Waals surface area contributed by atoms with E-state index in [1.54, 1.807) is 123 Å². The van der Waals surface area contributed by atoms with E-state index in [0.717, 1.165) is 44.6 Å². The molecular formula is C108H146N8O29. The number of ketones is 1. The van der Waals surface area contributed by atoms with Crippen LogP contribution in [0.5, 0.6) is 0 Å². The molecule has 14 N–H and O–H groups in total. The van der Waals surface area contributed by atoms with E-state index < -0.39 is 148 Å². The van der Waals surface area contributed by atoms with Crippen molar-refractivity contribution in [3.8, 4) is 0 Å². The molecule has 0 saturated carbocycles. The molecule has 0 radical (unpaired) electrons. The first-order valence-corrected chi connectivity index (χ1v) is 47.6. The Morgan fingerprint density at radius 1 is 0.379 bits per heavy atom. The van der Waals surface area contributed by atoms with Crippen LogP contribution in [0.15, 0.2) is 220 Å². The number of nitrogens with zero attached hydrogens (tertiary/aromatic N) is 1. The van der Waals surface area contributed by atoms with Crippen LogP contribution in [0.4, 0.5) is 20.1 Å². The summed E-state index contributed by atoms with van der Waals surface area (Å²) in [5.74, 6) is -11.5. The molecule has 1 saturated heterocycles. The standard InChI is InChI=1S/C33H44N2O7.C25H36N2O7.C18H19NO6.C14H16O4.C11H22N2O4.C7H9NO/c1-5-19-41-30(38)22-27(20-24-11-7-6-8-12-24)31(39)35-28(13-9-10-18-34-32(40)42-33(2,3)4)29(37)21-25-14-16-26(23-36)17-15-25;1-5-15-33-21(28)17-19(16-18-11-7-6-8-12-18)22(29)27-20(23(30)31)13-9-10-14-26-24(32)34-25(2,3)4;1-2-10-24-17(22)12-14(11-13-6-4-3-5-7-13)18(23)25-19-15(20)8-9-16(19)21;1-2-8-18-13(15)10-12(14(16)17)9-11-6-4-3-5-7-11;1-11(2,3)17-10(16)13-7-5-4-6-8(12)9(14)15;8-7-3-1-6(5-9)2-4-7/h5-8,11-12,14-17,27-28,36H,1,9-10,13,18-23H2,2-4H3,(H,34,40)(H,35,39);5-8,11-12,19-20H,1,9-10,13-17H2,2-4H3,(H,26,32)(H,27,29)(H,30,31);2-7,14H,1,8-12H2;2-7,12H,1,8-10H2,(H,16,17);8H,4-7,12H2,1-3H3,(H,13,16)(H,14,15);1-4,9H,5,8H2/t27-,28+;19-,20+;14-;12-;8-;/m11110./s1. The third kappa shape index (κ3) is 61.0. The van der Waals surface area contributed by atoms with Crippen LogP contribution >= 0.6 is 0 Å². The quantitative estimate of drug-likeness (QED) is 0.00421. The van der Waals surface area contributed by atoms with Gasteiger partial charge in [0.2, 0.25) is 11.8 Å². The Morgan fingerprint density at radius 3 is 0.993 bits per heavy atom. The lowest BCUT2D eigenvalue weighted by atomic mass is 9.93. The number of alkyl carbamates (subject to hydrolysis) is 3. The van der Waals surface area contributed by atoms with Gasteiger partial charge in [-0.3, -0.25) is 52.7 Å². The molecule has 37 heteroatoms. The lowest BCUT2D eigenvalue weighted by Gasteiger charge is -2.22. The van der Waals surface area contributed by atoms with Crippen molar-refractivity contribution >= 4 is 101 Å². The van der Waals surface area contributed by atoms with E-state index in [1.807, 2.05) is 109 Å². The average Bonchev–Trinajstić information content (AvgIpc) is 1.75. The van der Waals surface area contributed by atoms with Gasteiger partial charge in [0.15, 0.2) is 5.78 Å². The number of aliphatic carboxylic acids is 3. The third-order valence-electron chi connectivity index (χ3n) is 20.2. The number of unbranched alkanes of at least 4 members (excludes halogenated alkanes) is 3. The van der Waals surface area contributed by atoms with E-state index in [1.165, 1.54) is 24.3 Å². The average molecular weight is 2020 g/mol. The van der Waals surface area contributed by atoms with Gasteiger partial charge >= 0.3 is 66.0 Å². The number of hydrogen-bond acceptors (Lipinski definition) is 28. The van der Waals surface area contributed by atoms with Gasteiger partial charge in [0, 0.05) is 44.6 Å². The van der Waals surface area contributed by atoms with Crippen molar-refractivity contribution in [3.63, 3.8) is 0 Å². The molecule has 6 aromatic rings. The number of carbonyl (C=O) groups excluding carboxylic acids is 13. The van der Waals surface area contributed by atoms with Crippen LogP contribution in [0.3, 0.4) is 0 Å². The molecule has 1 fully saturated rings. The minimum absolute atomic E-state index is 0.0108. The molecule has 6 aromatic carbocycles. The summed E-state index contributed by atoms with van der Waals surface area (Å²) < 4.78 is 35.3. The first-order valence-electron chi connectivity index (χ1n) is 47.6. The summed E-state index contributed by atoms with van der Waals surface area (Å²) in [6, 6.07) is 48.3. The van der Waals surface area contributed by atoms with Gasteiger partial charge in [-0.2, -0.15) is 0 Å². The molecule has 7 rings (SSSR count). The fourth-order valence-corrected chi connectivity index (χ4v) is 13.0. The summed E-state index contributed by atoms with van der Waals surface area (Å²) in [6.07, 6.45) is 9.19. The van der Waals surface area contributed by atoms with Crippen LogP contribution < -0.4 is 38.1 Å². The number of aliphatic hydroxyl groups excluding tert-OH is 2. The summed E-state index contributed by atoms with van der Waals surface area (Å²) in [5.41, 5.74) is 15.6. The number of nitrogens with two attached hydrogens (primary N) is 2. The van der Waals surface area contributed by atoms with Crippen LogP contribution in [0.25, 0.3) is 0 Å². The highest BCUT2D eigenvalue weighted by Crippen LogP contribution is 2.24. The molecule has 145 heavy (non-hydrogen) atoms. The first kappa shape index (κ1) is 126. The molecule has 0 aliphatic carbocycles. The van der Waals surface area contributed by atoms with E-state index in [2.05, 4.69) is 52.9 Å². The summed E-state index contributed by atoms with van der Waals surface area (Å²) in [6.45, 7) is 31.3. The van der Waals surface area contributed by atoms with Gasteiger partial charge in [0.25, 0.3) is 11.8 Å². The van der Waals surface area contributed by atoms with Crippen LogP contribution in [0.1, 0.15) is 198 Å². The maximum absolute atomic E-state index is 13.5. The monoisotopic (exact) mass is 2020 g/mol. The highest BCUT2D eigenvalue weighted by Gasteiger charge is 2.37. The highest BCUT2D eigenvalue weighted by molar-refractivity contribution is 6.02. The number of hydroxylamine groups is 2. The van der Waals surface area contributed by atoms with Crippen LogP contribution in [0.2, 0.25) is 0 Å². The van der Waals surface area contributed by atoms with Gasteiger partial charge in [0.05, 0.1) is 68.6 Å². The van der Waals surface area contributed by atoms with Gasteiger partial charge in [-0.1, -0.05) is 208 Å². The zero-order chi connectivity index (χ0) is 108. The third-order valence-corrected chi connectivity index (χ3v) is 20.2. The molecule has 1 heterocycles. The summed E-state index contributed by atoms with van der Waals surface area (Å²) in [7, 11) is 0. The molecule has 0 spiro atoms. The number of anilines is 1. The fourth-order valence-electron chi connectivity index (χ4n) is 13.0. The van der Waals surface area contributed by atoms with Crippen molar-refractivity contribution in [2.75, 3.05) is 51.8 Å². The maximum atomic E-state index is 13.5. The van der Waals surface area contributed by atoms with E-state index in [9.17, 15) is 86.9 Å². The van der Waals surface area contributed by atoms with Gasteiger partial charge in [0.1, 0.15) is 55.3 Å². The van der Waals surface area contributed by atoms with Crippen molar-refractivity contribution in [3.05, 3.63) is 259 Å². The van der Waals surface area contributed by atoms with E-state index in [-0.39, 0.29) is 110 Å². The molecule has 0 bridgehead atoms. The maximum Gasteiger partial charge on any atom is 0.407 e. The molecule has 1 aliphatic heterocycles. The van der Waals surface area contributed by atoms with Gasteiger partial charge in [-0.25, -0.2) is 24.0 Å². The Bertz CT molecular complexity index is 4990. The second-order valence-electron chi connectivity index (χ2n) is 36.3. The number of nitrogen functional groups attached to an aromatic ring is 1. The lowest BCUT2D eigenvalue weighted by Crippen LogP contribution is -2.45. The topological polar surface area (TPSA) is 564 Å². The number of aliphatic hydroxyl groups is 2. The molecule has 1 aliphatic rings. The number of esters is 4. The molecule has 0 unspecified atom stereocenters. The number of imide groups is 1. The van der Waals surface area contributed by atoms with Gasteiger partial charge < -0.3 is 102 Å². The number of carboxylic acids is 3. The zero-order valence-electron chi connectivity index (χ0n) is 84.5. The van der Waals surface area contributed by atoms with Crippen molar-refractivity contribution in [1.29, 1.82) is 0 Å². The van der Waals surface area contributed by atoms with Crippen molar-refractivity contribution in [1.82, 2.24) is 31.6 Å². The highest BCUT2D eigenvalue weighted by atomic mass is 16.7. The molecule has 7 amide bonds. The minimum Gasteiger partial charge on any atom is -0.481 e. The minimum atomic E-state index is -1.17. The smallest absolute Gasteiger partial charge is 0.407 e. The molecular weight excluding hydrogens is 1870 g/mol. The Morgan fingerprint density at radius 2 is 0.676 bits per heavy atom.